The number of hydrogen-bond donors (Lipinski definition) is 1. The van der Waals surface area contributed by atoms with Crippen molar-refractivity contribution in [1.82, 2.24) is 4.98 Å². The van der Waals surface area contributed by atoms with Crippen LogP contribution in [-0.4, -0.2) is 34.9 Å². The Balaban J connectivity index is 1.82. The van der Waals surface area contributed by atoms with Crippen LogP contribution in [0.1, 0.15) is 0 Å². The lowest BCUT2D eigenvalue weighted by Crippen LogP contribution is -2.44. The Morgan fingerprint density at radius 1 is 1.40 bits per heavy atom. The van der Waals surface area contributed by atoms with E-state index >= 15 is 0 Å². The van der Waals surface area contributed by atoms with Crippen LogP contribution in [0.25, 0.3) is 0 Å². The monoisotopic (exact) mass is 362 g/mol. The van der Waals surface area contributed by atoms with Gasteiger partial charge in [-0.1, -0.05) is 17.7 Å². The fourth-order valence-electron chi connectivity index (χ4n) is 2.24. The predicted octanol–water partition coefficient (Wildman–Crippen LogP) is 2.01. The van der Waals surface area contributed by atoms with Gasteiger partial charge in [-0.2, -0.15) is 0 Å². The summed E-state index contributed by atoms with van der Waals surface area (Å²) in [5.74, 6) is -1.34. The highest BCUT2D eigenvalue weighted by atomic mass is 35.5. The summed E-state index contributed by atoms with van der Waals surface area (Å²) in [6.07, 6.45) is 0. The molecule has 0 fully saturated rings. The third-order valence-electron chi connectivity index (χ3n) is 3.33. The lowest BCUT2D eigenvalue weighted by atomic mass is 10.3. The van der Waals surface area contributed by atoms with E-state index in [0.29, 0.717) is 10.7 Å². The molecular formula is C15H11ClN4O5. The first-order valence-electron chi connectivity index (χ1n) is 7.08. The van der Waals surface area contributed by atoms with Gasteiger partial charge in [0.2, 0.25) is 5.91 Å². The van der Waals surface area contributed by atoms with Crippen LogP contribution in [0, 0.1) is 10.1 Å². The summed E-state index contributed by atoms with van der Waals surface area (Å²) >= 11 is 5.85. The molecule has 0 bridgehead atoms. The molecule has 10 heteroatoms. The average molecular weight is 363 g/mol. The molecular weight excluding hydrogens is 352 g/mol. The highest BCUT2D eigenvalue weighted by Gasteiger charge is 2.33. The van der Waals surface area contributed by atoms with Gasteiger partial charge in [0.05, 0.1) is 0 Å². The minimum atomic E-state index is -0.691. The Morgan fingerprint density at radius 2 is 2.20 bits per heavy atom. The smallest absolute Gasteiger partial charge is 0.366 e. The molecule has 2 heterocycles. The Bertz CT molecular complexity index is 873. The van der Waals surface area contributed by atoms with E-state index in [4.69, 9.17) is 16.3 Å². The Morgan fingerprint density at radius 3 is 2.92 bits per heavy atom. The van der Waals surface area contributed by atoms with E-state index in [-0.39, 0.29) is 24.7 Å². The van der Waals surface area contributed by atoms with Gasteiger partial charge in [0.15, 0.2) is 12.4 Å². The Hall–Kier alpha value is -3.20. The average Bonchev–Trinajstić information content (AvgIpc) is 2.57. The number of nitrogens with one attached hydrogen (secondary N) is 1. The molecule has 0 aliphatic carbocycles. The molecule has 1 N–H and O–H groups in total. The normalized spacial score (nSPS) is 13.0. The lowest BCUT2D eigenvalue weighted by Gasteiger charge is -2.24. The number of aromatic nitrogens is 1. The molecule has 0 unspecified atom stereocenters. The predicted molar refractivity (Wildman–Crippen MR) is 88.8 cm³/mol. The second kappa shape index (κ2) is 6.73. The number of pyridine rings is 1. The van der Waals surface area contributed by atoms with E-state index in [1.54, 1.807) is 24.3 Å². The van der Waals surface area contributed by atoms with Gasteiger partial charge in [0, 0.05) is 16.8 Å². The summed E-state index contributed by atoms with van der Waals surface area (Å²) in [6.45, 7) is -0.646. The molecule has 1 aromatic heterocycles. The molecule has 128 valence electrons. The van der Waals surface area contributed by atoms with Crippen molar-refractivity contribution in [1.29, 1.82) is 0 Å². The summed E-state index contributed by atoms with van der Waals surface area (Å²) < 4.78 is 5.19. The fraction of sp³-hybridized carbons (Fsp3) is 0.133. The van der Waals surface area contributed by atoms with Gasteiger partial charge in [-0.25, -0.2) is 0 Å². The van der Waals surface area contributed by atoms with Crippen molar-refractivity contribution in [3.05, 3.63) is 51.5 Å². The molecule has 1 aromatic carbocycles. The van der Waals surface area contributed by atoms with Gasteiger partial charge in [-0.15, -0.1) is 0 Å². The minimum absolute atomic E-state index is 0.0632. The number of benzene rings is 1. The van der Waals surface area contributed by atoms with E-state index in [0.717, 1.165) is 4.90 Å². The number of anilines is 2. The number of amides is 2. The molecule has 2 aromatic rings. The first-order valence-corrected chi connectivity index (χ1v) is 7.46. The van der Waals surface area contributed by atoms with Crippen LogP contribution < -0.4 is 15.0 Å². The van der Waals surface area contributed by atoms with Gasteiger partial charge >= 0.3 is 5.82 Å². The minimum Gasteiger partial charge on any atom is -0.477 e. The van der Waals surface area contributed by atoms with E-state index < -0.39 is 22.6 Å². The third-order valence-corrected chi connectivity index (χ3v) is 3.56. The molecule has 2 amide bonds. The van der Waals surface area contributed by atoms with Gasteiger partial charge < -0.3 is 20.2 Å². The van der Waals surface area contributed by atoms with Crippen LogP contribution in [0.15, 0.2) is 36.4 Å². The number of halogens is 1. The number of fused-ring (bicyclic) bond motifs is 1. The largest absolute Gasteiger partial charge is 0.477 e. The van der Waals surface area contributed by atoms with Crippen LogP contribution in [0.3, 0.4) is 0 Å². The number of carbonyl (C=O) groups excluding carboxylic acids is 2. The highest BCUT2D eigenvalue weighted by Crippen LogP contribution is 2.31. The molecule has 0 spiro atoms. The number of carbonyl (C=O) groups is 2. The van der Waals surface area contributed by atoms with Crippen LogP contribution in [0.2, 0.25) is 5.02 Å². The molecule has 0 radical (unpaired) electrons. The number of hydrogen-bond acceptors (Lipinski definition) is 6. The van der Waals surface area contributed by atoms with E-state index in [1.807, 2.05) is 0 Å². The van der Waals surface area contributed by atoms with Gasteiger partial charge in [-0.05, 0) is 34.2 Å². The van der Waals surface area contributed by atoms with Crippen molar-refractivity contribution in [3.8, 4) is 5.75 Å². The van der Waals surface area contributed by atoms with Crippen molar-refractivity contribution in [2.45, 2.75) is 0 Å². The van der Waals surface area contributed by atoms with Crippen molar-refractivity contribution < 1.29 is 19.2 Å². The van der Waals surface area contributed by atoms with Crippen LogP contribution >= 0.6 is 11.6 Å². The molecule has 9 nitrogen and oxygen atoms in total. The molecule has 0 saturated carbocycles. The SMILES string of the molecule is O=C(CN1C(=O)COc2ccc([N+](=O)[O-])nc21)Nc1cccc(Cl)c1. The van der Waals surface area contributed by atoms with Gasteiger partial charge in [0.25, 0.3) is 11.7 Å². The van der Waals surface area contributed by atoms with Crippen molar-refractivity contribution in [2.75, 3.05) is 23.4 Å². The maximum Gasteiger partial charge on any atom is 0.366 e. The Labute approximate surface area is 146 Å². The van der Waals surface area contributed by atoms with Crippen molar-refractivity contribution >= 4 is 40.7 Å². The summed E-state index contributed by atoms with van der Waals surface area (Å²) in [7, 11) is 0. The first kappa shape index (κ1) is 16.7. The first-order chi connectivity index (χ1) is 11.9. The fourth-order valence-corrected chi connectivity index (χ4v) is 2.43. The quantitative estimate of drug-likeness (QED) is 0.657. The van der Waals surface area contributed by atoms with E-state index in [1.165, 1.54) is 12.1 Å². The zero-order valence-corrected chi connectivity index (χ0v) is 13.4. The van der Waals surface area contributed by atoms with Crippen LogP contribution in [-0.2, 0) is 9.59 Å². The molecule has 25 heavy (non-hydrogen) atoms. The summed E-state index contributed by atoms with van der Waals surface area (Å²) in [5.41, 5.74) is 0.463. The third kappa shape index (κ3) is 3.66. The van der Waals surface area contributed by atoms with Crippen LogP contribution in [0.5, 0.6) is 5.75 Å². The van der Waals surface area contributed by atoms with Gasteiger partial charge in [-0.3, -0.25) is 14.5 Å². The molecule has 3 rings (SSSR count). The van der Waals surface area contributed by atoms with Crippen LogP contribution in [0.4, 0.5) is 17.3 Å². The topological polar surface area (TPSA) is 115 Å². The second-order valence-electron chi connectivity index (χ2n) is 5.08. The van der Waals surface area contributed by atoms with E-state index in [9.17, 15) is 19.7 Å². The molecule has 0 saturated heterocycles. The molecule has 0 atom stereocenters. The summed E-state index contributed by atoms with van der Waals surface area (Å²) in [6, 6.07) is 9.02. The lowest BCUT2D eigenvalue weighted by molar-refractivity contribution is -0.389. The Kier molecular flexibility index (Phi) is 4.48. The van der Waals surface area contributed by atoms with Crippen molar-refractivity contribution in [2.24, 2.45) is 0 Å². The number of rotatable bonds is 4. The number of nitrogens with zero attached hydrogens (tertiary/aromatic N) is 3. The van der Waals surface area contributed by atoms with E-state index in [2.05, 4.69) is 10.3 Å². The molecule has 1 aliphatic rings. The summed E-state index contributed by atoms with van der Waals surface area (Å²) in [5, 5.41) is 13.9. The van der Waals surface area contributed by atoms with Gasteiger partial charge in [0.1, 0.15) is 6.54 Å². The zero-order valence-electron chi connectivity index (χ0n) is 12.6. The number of ether oxygens (including phenoxy) is 1. The standard InChI is InChI=1S/C15H11ClN4O5/c16-9-2-1-3-10(6-9)17-13(21)7-19-14(22)8-25-11-4-5-12(20(23)24)18-15(11)19/h1-6H,7-8H2,(H,17,21). The zero-order chi connectivity index (χ0) is 18.0. The highest BCUT2D eigenvalue weighted by molar-refractivity contribution is 6.30. The second-order valence-corrected chi connectivity index (χ2v) is 5.51. The maximum atomic E-state index is 12.2. The number of nitro groups is 1. The summed E-state index contributed by atoms with van der Waals surface area (Å²) in [4.78, 5) is 39.3. The maximum absolute atomic E-state index is 12.2. The molecule has 1 aliphatic heterocycles. The van der Waals surface area contributed by atoms with Crippen molar-refractivity contribution in [3.63, 3.8) is 0 Å².